The SMILES string of the molecule is NCC1[C@H](F)CCC[C@@H]1F. The van der Waals surface area contributed by atoms with Gasteiger partial charge in [-0.2, -0.15) is 0 Å². The van der Waals surface area contributed by atoms with E-state index in [1.807, 2.05) is 0 Å². The van der Waals surface area contributed by atoms with Crippen molar-refractivity contribution >= 4 is 0 Å². The van der Waals surface area contributed by atoms with Gasteiger partial charge in [-0.05, 0) is 19.3 Å². The molecule has 60 valence electrons. The first kappa shape index (κ1) is 7.92. The molecule has 1 rings (SSSR count). The molecule has 0 amide bonds. The van der Waals surface area contributed by atoms with Crippen molar-refractivity contribution in [3.05, 3.63) is 0 Å². The normalized spacial score (nSPS) is 41.7. The molecule has 0 heterocycles. The smallest absolute Gasteiger partial charge is 0.107 e. The van der Waals surface area contributed by atoms with Crippen molar-refractivity contribution < 1.29 is 8.78 Å². The summed E-state index contributed by atoms with van der Waals surface area (Å²) in [5.74, 6) is -0.534. The molecule has 1 aliphatic carbocycles. The van der Waals surface area contributed by atoms with E-state index < -0.39 is 18.3 Å². The minimum Gasteiger partial charge on any atom is -0.330 e. The fourth-order valence-electron chi connectivity index (χ4n) is 1.46. The molecule has 1 aliphatic rings. The van der Waals surface area contributed by atoms with Crippen LogP contribution in [-0.4, -0.2) is 18.9 Å². The lowest BCUT2D eigenvalue weighted by atomic mass is 9.86. The van der Waals surface area contributed by atoms with Gasteiger partial charge < -0.3 is 5.73 Å². The van der Waals surface area contributed by atoms with Crippen LogP contribution in [0.4, 0.5) is 8.78 Å². The van der Waals surface area contributed by atoms with Crippen molar-refractivity contribution in [2.45, 2.75) is 31.6 Å². The topological polar surface area (TPSA) is 26.0 Å². The van der Waals surface area contributed by atoms with E-state index in [1.165, 1.54) is 0 Å². The summed E-state index contributed by atoms with van der Waals surface area (Å²) in [6.07, 6.45) is -0.369. The highest BCUT2D eigenvalue weighted by molar-refractivity contribution is 4.82. The first-order valence-corrected chi connectivity index (χ1v) is 3.74. The van der Waals surface area contributed by atoms with Gasteiger partial charge in [0.15, 0.2) is 0 Å². The van der Waals surface area contributed by atoms with E-state index in [0.29, 0.717) is 19.3 Å². The summed E-state index contributed by atoms with van der Waals surface area (Å²) in [6.45, 7) is 0.141. The van der Waals surface area contributed by atoms with E-state index in [4.69, 9.17) is 5.73 Å². The summed E-state index contributed by atoms with van der Waals surface area (Å²) >= 11 is 0. The first-order chi connectivity index (χ1) is 4.75. The molecular weight excluding hydrogens is 136 g/mol. The summed E-state index contributed by atoms with van der Waals surface area (Å²) in [7, 11) is 0. The molecule has 1 fully saturated rings. The number of nitrogens with two attached hydrogens (primary N) is 1. The minimum absolute atomic E-state index is 0.141. The van der Waals surface area contributed by atoms with Crippen LogP contribution in [-0.2, 0) is 0 Å². The average molecular weight is 149 g/mol. The van der Waals surface area contributed by atoms with Gasteiger partial charge in [-0.3, -0.25) is 0 Å². The second-order valence-corrected chi connectivity index (χ2v) is 2.86. The second-order valence-electron chi connectivity index (χ2n) is 2.86. The van der Waals surface area contributed by atoms with Crippen LogP contribution >= 0.6 is 0 Å². The molecule has 0 bridgehead atoms. The van der Waals surface area contributed by atoms with Gasteiger partial charge in [-0.25, -0.2) is 8.78 Å². The Morgan fingerprint density at radius 1 is 1.20 bits per heavy atom. The fraction of sp³-hybridized carbons (Fsp3) is 1.00. The molecular formula is C7H13F2N. The molecule has 1 unspecified atom stereocenters. The quantitative estimate of drug-likeness (QED) is 0.599. The fourth-order valence-corrected chi connectivity index (χ4v) is 1.46. The van der Waals surface area contributed by atoms with Gasteiger partial charge in [0.1, 0.15) is 12.3 Å². The Hall–Kier alpha value is -0.180. The number of alkyl halides is 2. The van der Waals surface area contributed by atoms with Crippen molar-refractivity contribution in [3.63, 3.8) is 0 Å². The highest BCUT2D eigenvalue weighted by Gasteiger charge is 2.32. The van der Waals surface area contributed by atoms with E-state index in [-0.39, 0.29) is 6.54 Å². The maximum Gasteiger partial charge on any atom is 0.107 e. The number of hydrogen-bond acceptors (Lipinski definition) is 1. The molecule has 1 nitrogen and oxygen atoms in total. The summed E-state index contributed by atoms with van der Waals surface area (Å²) in [5.41, 5.74) is 5.20. The molecule has 3 atom stereocenters. The number of rotatable bonds is 1. The van der Waals surface area contributed by atoms with E-state index in [1.54, 1.807) is 0 Å². The lowest BCUT2D eigenvalue weighted by molar-refractivity contribution is 0.0816. The third-order valence-electron chi connectivity index (χ3n) is 2.16. The summed E-state index contributed by atoms with van der Waals surface area (Å²) in [6, 6.07) is 0. The van der Waals surface area contributed by atoms with Crippen molar-refractivity contribution in [1.29, 1.82) is 0 Å². The molecule has 0 aromatic carbocycles. The molecule has 0 spiro atoms. The largest absolute Gasteiger partial charge is 0.330 e. The van der Waals surface area contributed by atoms with Crippen molar-refractivity contribution in [2.24, 2.45) is 11.7 Å². The maximum absolute atomic E-state index is 12.8. The third kappa shape index (κ3) is 1.45. The zero-order valence-electron chi connectivity index (χ0n) is 5.89. The molecule has 2 N–H and O–H groups in total. The van der Waals surface area contributed by atoms with E-state index in [0.717, 1.165) is 0 Å². The van der Waals surface area contributed by atoms with E-state index in [9.17, 15) is 8.78 Å². The lowest BCUT2D eigenvalue weighted by Gasteiger charge is -2.27. The van der Waals surface area contributed by atoms with Crippen LogP contribution in [0.25, 0.3) is 0 Å². The molecule has 0 aromatic heterocycles. The van der Waals surface area contributed by atoms with Crippen molar-refractivity contribution in [3.8, 4) is 0 Å². The minimum atomic E-state index is -1.01. The molecule has 0 aliphatic heterocycles. The van der Waals surface area contributed by atoms with Crippen molar-refractivity contribution in [2.75, 3.05) is 6.54 Å². The van der Waals surface area contributed by atoms with Gasteiger partial charge in [0.2, 0.25) is 0 Å². The highest BCUT2D eigenvalue weighted by atomic mass is 19.1. The van der Waals surface area contributed by atoms with Gasteiger partial charge in [0.05, 0.1) is 0 Å². The average Bonchev–Trinajstić information content (AvgIpc) is 1.88. The number of hydrogen-bond donors (Lipinski definition) is 1. The predicted molar refractivity (Wildman–Crippen MR) is 36.2 cm³/mol. The van der Waals surface area contributed by atoms with Crippen LogP contribution in [0.1, 0.15) is 19.3 Å². The predicted octanol–water partition coefficient (Wildman–Crippen LogP) is 1.42. The van der Waals surface area contributed by atoms with Crippen LogP contribution in [0, 0.1) is 5.92 Å². The van der Waals surface area contributed by atoms with E-state index >= 15 is 0 Å². The molecule has 0 radical (unpaired) electrons. The van der Waals surface area contributed by atoms with Crippen LogP contribution in [0.5, 0.6) is 0 Å². The maximum atomic E-state index is 12.8. The summed E-state index contributed by atoms with van der Waals surface area (Å²) < 4.78 is 25.6. The Bertz CT molecular complexity index is 97.8. The van der Waals surface area contributed by atoms with Crippen LogP contribution in [0.3, 0.4) is 0 Å². The highest BCUT2D eigenvalue weighted by Crippen LogP contribution is 2.28. The van der Waals surface area contributed by atoms with Gasteiger partial charge in [-0.15, -0.1) is 0 Å². The van der Waals surface area contributed by atoms with Crippen molar-refractivity contribution in [1.82, 2.24) is 0 Å². The Balaban J connectivity index is 2.45. The summed E-state index contributed by atoms with van der Waals surface area (Å²) in [5, 5.41) is 0. The molecule has 10 heavy (non-hydrogen) atoms. The van der Waals surface area contributed by atoms with Gasteiger partial charge in [-0.1, -0.05) is 0 Å². The molecule has 0 aromatic rings. The summed E-state index contributed by atoms with van der Waals surface area (Å²) in [4.78, 5) is 0. The molecule has 1 saturated carbocycles. The van der Waals surface area contributed by atoms with Gasteiger partial charge in [0, 0.05) is 12.5 Å². The Labute approximate surface area is 59.6 Å². The lowest BCUT2D eigenvalue weighted by Crippen LogP contribution is -2.36. The number of halogens is 2. The first-order valence-electron chi connectivity index (χ1n) is 3.74. The Kier molecular flexibility index (Phi) is 2.60. The zero-order chi connectivity index (χ0) is 7.56. The standard InChI is InChI=1S/C7H13F2N/c8-6-2-1-3-7(9)5(6)4-10/h5-7H,1-4,10H2/t5?,6-,7+. The molecule has 0 saturated heterocycles. The monoisotopic (exact) mass is 149 g/mol. The van der Waals surface area contributed by atoms with Crippen LogP contribution < -0.4 is 5.73 Å². The second kappa shape index (κ2) is 3.28. The van der Waals surface area contributed by atoms with Gasteiger partial charge >= 0.3 is 0 Å². The third-order valence-corrected chi connectivity index (χ3v) is 2.16. The Morgan fingerprint density at radius 2 is 1.70 bits per heavy atom. The van der Waals surface area contributed by atoms with Crippen LogP contribution in [0.15, 0.2) is 0 Å². The Morgan fingerprint density at radius 3 is 2.00 bits per heavy atom. The van der Waals surface area contributed by atoms with Crippen LogP contribution in [0.2, 0.25) is 0 Å². The van der Waals surface area contributed by atoms with E-state index in [2.05, 4.69) is 0 Å². The van der Waals surface area contributed by atoms with Gasteiger partial charge in [0.25, 0.3) is 0 Å². The zero-order valence-corrected chi connectivity index (χ0v) is 5.89. The molecule has 3 heteroatoms.